The standard InChI is InChI=1S/C27H26N4O3/c1-18-9-7-11-21(15-18)17-30-26(33)24(25(32)28-20(3)22-12-5-4-6-13-22)29-31(27(30)34)23-14-8-10-19(2)16-23/h4-16,20H,17H2,1-3H3,(H,28,32)/t20-/m0/s1. The largest absolute Gasteiger partial charge is 0.352 e. The van der Waals surface area contributed by atoms with Gasteiger partial charge in [0.05, 0.1) is 18.3 Å². The molecule has 0 bridgehead atoms. The van der Waals surface area contributed by atoms with Crippen molar-refractivity contribution in [3.63, 3.8) is 0 Å². The van der Waals surface area contributed by atoms with Gasteiger partial charge >= 0.3 is 5.69 Å². The second-order valence-corrected chi connectivity index (χ2v) is 8.37. The van der Waals surface area contributed by atoms with Crippen LogP contribution in [0.1, 0.15) is 45.7 Å². The highest BCUT2D eigenvalue weighted by Crippen LogP contribution is 2.12. The maximum absolute atomic E-state index is 13.3. The van der Waals surface area contributed by atoms with E-state index in [9.17, 15) is 14.4 Å². The Kier molecular flexibility index (Phi) is 6.54. The Balaban J connectivity index is 1.82. The van der Waals surface area contributed by atoms with Gasteiger partial charge in [0.15, 0.2) is 0 Å². The number of nitrogens with one attached hydrogen (secondary N) is 1. The van der Waals surface area contributed by atoms with E-state index in [0.29, 0.717) is 5.69 Å². The van der Waals surface area contributed by atoms with Crippen LogP contribution in [-0.4, -0.2) is 20.3 Å². The molecule has 0 spiro atoms. The lowest BCUT2D eigenvalue weighted by molar-refractivity contribution is 0.0930. The summed E-state index contributed by atoms with van der Waals surface area (Å²) in [6, 6.07) is 23.8. The topological polar surface area (TPSA) is 86.0 Å². The van der Waals surface area contributed by atoms with Crippen molar-refractivity contribution < 1.29 is 4.79 Å². The number of carbonyl (C=O) groups excluding carboxylic acids is 1. The maximum Gasteiger partial charge on any atom is 0.352 e. The minimum Gasteiger partial charge on any atom is -0.344 e. The first-order valence-electron chi connectivity index (χ1n) is 11.1. The molecule has 1 amide bonds. The molecule has 4 aromatic rings. The van der Waals surface area contributed by atoms with Crippen molar-refractivity contribution in [1.29, 1.82) is 0 Å². The molecule has 1 atom stereocenters. The van der Waals surface area contributed by atoms with Gasteiger partial charge in [0, 0.05) is 0 Å². The lowest BCUT2D eigenvalue weighted by Crippen LogP contribution is -2.46. The summed E-state index contributed by atoms with van der Waals surface area (Å²) in [6.07, 6.45) is 0. The highest BCUT2D eigenvalue weighted by Gasteiger charge is 2.22. The van der Waals surface area contributed by atoms with Crippen LogP contribution in [0.3, 0.4) is 0 Å². The molecule has 1 heterocycles. The summed E-state index contributed by atoms with van der Waals surface area (Å²) in [5.41, 5.74) is 2.41. The van der Waals surface area contributed by atoms with Gasteiger partial charge in [-0.25, -0.2) is 4.79 Å². The first kappa shape index (κ1) is 22.9. The summed E-state index contributed by atoms with van der Waals surface area (Å²) in [5.74, 6) is -0.638. The van der Waals surface area contributed by atoms with Crippen LogP contribution in [0, 0.1) is 13.8 Å². The predicted octanol–water partition coefficient (Wildman–Crippen LogP) is 3.55. The first-order chi connectivity index (χ1) is 16.3. The van der Waals surface area contributed by atoms with Gasteiger partial charge in [-0.1, -0.05) is 72.3 Å². The van der Waals surface area contributed by atoms with Crippen molar-refractivity contribution >= 4 is 5.91 Å². The summed E-state index contributed by atoms with van der Waals surface area (Å²) < 4.78 is 2.18. The van der Waals surface area contributed by atoms with Crippen LogP contribution in [0.15, 0.2) is 88.5 Å². The summed E-state index contributed by atoms with van der Waals surface area (Å²) >= 11 is 0. The van der Waals surface area contributed by atoms with Gasteiger partial charge in [-0.05, 0) is 49.6 Å². The van der Waals surface area contributed by atoms with Crippen LogP contribution >= 0.6 is 0 Å². The third-order valence-electron chi connectivity index (χ3n) is 5.59. The van der Waals surface area contributed by atoms with Crippen molar-refractivity contribution in [2.45, 2.75) is 33.4 Å². The van der Waals surface area contributed by atoms with Gasteiger partial charge in [0.25, 0.3) is 11.5 Å². The van der Waals surface area contributed by atoms with Gasteiger partial charge in [-0.15, -0.1) is 0 Å². The molecule has 0 fully saturated rings. The molecule has 3 aromatic carbocycles. The van der Waals surface area contributed by atoms with Gasteiger partial charge in [-0.2, -0.15) is 9.78 Å². The van der Waals surface area contributed by atoms with Crippen LogP contribution in [0.4, 0.5) is 0 Å². The third-order valence-corrected chi connectivity index (χ3v) is 5.59. The summed E-state index contributed by atoms with van der Waals surface area (Å²) in [6.45, 7) is 5.69. The van der Waals surface area contributed by atoms with Crippen LogP contribution in [0.5, 0.6) is 0 Å². The Hall–Kier alpha value is -4.26. The highest BCUT2D eigenvalue weighted by molar-refractivity contribution is 5.92. The predicted molar refractivity (Wildman–Crippen MR) is 131 cm³/mol. The molecule has 0 unspecified atom stereocenters. The summed E-state index contributed by atoms with van der Waals surface area (Å²) in [4.78, 5) is 39.8. The first-order valence-corrected chi connectivity index (χ1v) is 11.1. The maximum atomic E-state index is 13.3. The van der Waals surface area contributed by atoms with Crippen molar-refractivity contribution in [1.82, 2.24) is 19.7 Å². The lowest BCUT2D eigenvalue weighted by atomic mass is 10.1. The molecule has 0 radical (unpaired) electrons. The molecule has 7 nitrogen and oxygen atoms in total. The van der Waals surface area contributed by atoms with E-state index in [2.05, 4.69) is 10.4 Å². The normalized spacial score (nSPS) is 11.7. The fraction of sp³-hybridized carbons (Fsp3) is 0.185. The van der Waals surface area contributed by atoms with Crippen LogP contribution in [0.25, 0.3) is 5.69 Å². The quantitative estimate of drug-likeness (QED) is 0.483. The molecule has 7 heteroatoms. The lowest BCUT2D eigenvalue weighted by Gasteiger charge is -2.16. The van der Waals surface area contributed by atoms with E-state index in [-0.39, 0.29) is 18.3 Å². The third kappa shape index (κ3) is 4.88. The number of aryl methyl sites for hydroxylation is 2. The van der Waals surface area contributed by atoms with E-state index in [1.54, 1.807) is 18.2 Å². The molecular weight excluding hydrogens is 428 g/mol. The molecule has 0 saturated carbocycles. The number of amides is 1. The van der Waals surface area contributed by atoms with Crippen LogP contribution in [-0.2, 0) is 6.54 Å². The summed E-state index contributed by atoms with van der Waals surface area (Å²) in [5, 5.41) is 7.04. The van der Waals surface area contributed by atoms with Crippen molar-refractivity contribution in [3.05, 3.63) is 128 Å². The Morgan fingerprint density at radius 3 is 2.26 bits per heavy atom. The number of carbonyl (C=O) groups is 1. The molecular formula is C27H26N4O3. The second-order valence-electron chi connectivity index (χ2n) is 8.37. The molecule has 4 rings (SSSR count). The Bertz CT molecular complexity index is 1450. The van der Waals surface area contributed by atoms with Crippen molar-refractivity contribution in [2.75, 3.05) is 0 Å². The fourth-order valence-electron chi connectivity index (χ4n) is 3.81. The number of nitrogens with zero attached hydrogens (tertiary/aromatic N) is 3. The van der Waals surface area contributed by atoms with E-state index in [1.165, 1.54) is 0 Å². The molecule has 1 aromatic heterocycles. The van der Waals surface area contributed by atoms with Crippen molar-refractivity contribution in [3.8, 4) is 5.69 Å². The molecule has 0 aliphatic carbocycles. The van der Waals surface area contributed by atoms with Gasteiger partial charge < -0.3 is 5.32 Å². The number of benzene rings is 3. The van der Waals surface area contributed by atoms with Crippen LogP contribution < -0.4 is 16.6 Å². The molecule has 1 N–H and O–H groups in total. The minimum atomic E-state index is -0.729. The molecule has 0 aliphatic heterocycles. The Morgan fingerprint density at radius 2 is 1.59 bits per heavy atom. The van der Waals surface area contributed by atoms with Gasteiger partial charge in [0.2, 0.25) is 5.69 Å². The second kappa shape index (κ2) is 9.70. The zero-order valence-electron chi connectivity index (χ0n) is 19.4. The SMILES string of the molecule is Cc1cccc(Cn2c(=O)c(C(=O)N[C@@H](C)c3ccccc3)nn(-c3cccc(C)c3)c2=O)c1. The van der Waals surface area contributed by atoms with E-state index in [4.69, 9.17) is 0 Å². The Labute approximate surface area is 197 Å². The summed E-state index contributed by atoms with van der Waals surface area (Å²) in [7, 11) is 0. The van der Waals surface area contributed by atoms with E-state index in [0.717, 1.165) is 31.5 Å². The monoisotopic (exact) mass is 454 g/mol. The molecule has 0 aliphatic rings. The van der Waals surface area contributed by atoms with E-state index < -0.39 is 17.2 Å². The molecule has 172 valence electrons. The zero-order chi connectivity index (χ0) is 24.2. The molecule has 0 saturated heterocycles. The van der Waals surface area contributed by atoms with E-state index >= 15 is 0 Å². The van der Waals surface area contributed by atoms with Gasteiger partial charge in [0.1, 0.15) is 0 Å². The average Bonchev–Trinajstić information content (AvgIpc) is 2.82. The smallest absolute Gasteiger partial charge is 0.344 e. The number of hydrogen-bond acceptors (Lipinski definition) is 4. The average molecular weight is 455 g/mol. The van der Waals surface area contributed by atoms with Crippen LogP contribution in [0.2, 0.25) is 0 Å². The minimum absolute atomic E-state index is 0.0300. The van der Waals surface area contributed by atoms with Crippen molar-refractivity contribution in [2.24, 2.45) is 0 Å². The van der Waals surface area contributed by atoms with Gasteiger partial charge in [-0.3, -0.25) is 14.2 Å². The fourth-order valence-corrected chi connectivity index (χ4v) is 3.81. The number of aromatic nitrogens is 3. The zero-order valence-corrected chi connectivity index (χ0v) is 19.4. The number of rotatable bonds is 6. The molecule has 34 heavy (non-hydrogen) atoms. The Morgan fingerprint density at radius 1 is 0.912 bits per heavy atom. The van der Waals surface area contributed by atoms with E-state index in [1.807, 2.05) is 81.4 Å². The number of hydrogen-bond donors (Lipinski definition) is 1. The highest BCUT2D eigenvalue weighted by atomic mass is 16.2.